The Morgan fingerprint density at radius 2 is 1.88 bits per heavy atom. The predicted molar refractivity (Wildman–Crippen MR) is 61.8 cm³/mol. The molecule has 0 radical (unpaired) electrons. The van der Waals surface area contributed by atoms with Crippen molar-refractivity contribution in [3.05, 3.63) is 27.8 Å². The lowest BCUT2D eigenvalue weighted by atomic mass is 10.2. The molecule has 0 atom stereocenters. The number of nitro benzene ring substituents is 1. The Kier molecular flexibility index (Phi) is 4.71. The molecule has 6 nitrogen and oxygen atoms in total. The van der Waals surface area contributed by atoms with Crippen molar-refractivity contribution in [3.8, 4) is 11.5 Å². The third kappa shape index (κ3) is 3.32. The molecule has 0 heterocycles. The lowest BCUT2D eigenvalue weighted by Gasteiger charge is -2.11. The van der Waals surface area contributed by atoms with Crippen LogP contribution in [0.15, 0.2) is 12.1 Å². The van der Waals surface area contributed by atoms with E-state index in [1.807, 2.05) is 0 Å². The van der Waals surface area contributed by atoms with Gasteiger partial charge in [0.2, 0.25) is 0 Å². The van der Waals surface area contributed by atoms with Crippen LogP contribution < -0.4 is 9.47 Å². The molecule has 0 aliphatic heterocycles. The normalized spacial score (nSPS) is 10.1. The monoisotopic (exact) mass is 241 g/mol. The van der Waals surface area contributed by atoms with Gasteiger partial charge in [0.15, 0.2) is 0 Å². The maximum absolute atomic E-state index is 10.7. The van der Waals surface area contributed by atoms with Crippen LogP contribution in [0, 0.1) is 17.0 Å². The highest BCUT2D eigenvalue weighted by Crippen LogP contribution is 2.32. The minimum Gasteiger partial charge on any atom is -0.496 e. The third-order valence-corrected chi connectivity index (χ3v) is 2.27. The molecule has 0 saturated carbocycles. The van der Waals surface area contributed by atoms with E-state index in [4.69, 9.17) is 14.2 Å². The summed E-state index contributed by atoms with van der Waals surface area (Å²) >= 11 is 0. The fourth-order valence-corrected chi connectivity index (χ4v) is 1.35. The molecule has 0 fully saturated rings. The summed E-state index contributed by atoms with van der Waals surface area (Å²) in [4.78, 5) is 10.3. The van der Waals surface area contributed by atoms with E-state index >= 15 is 0 Å². The summed E-state index contributed by atoms with van der Waals surface area (Å²) in [6.07, 6.45) is 0. The van der Waals surface area contributed by atoms with Gasteiger partial charge in [0, 0.05) is 12.7 Å². The van der Waals surface area contributed by atoms with Crippen LogP contribution in [0.4, 0.5) is 5.69 Å². The van der Waals surface area contributed by atoms with Crippen LogP contribution in [0.3, 0.4) is 0 Å². The van der Waals surface area contributed by atoms with Gasteiger partial charge in [0.25, 0.3) is 5.69 Å². The lowest BCUT2D eigenvalue weighted by Crippen LogP contribution is -2.06. The number of methoxy groups -OCH3 is 2. The Morgan fingerprint density at radius 1 is 1.24 bits per heavy atom. The molecule has 0 unspecified atom stereocenters. The molecule has 17 heavy (non-hydrogen) atoms. The van der Waals surface area contributed by atoms with Gasteiger partial charge in [0.05, 0.1) is 30.8 Å². The second-order valence-corrected chi connectivity index (χ2v) is 3.37. The van der Waals surface area contributed by atoms with Crippen molar-refractivity contribution < 1.29 is 19.1 Å². The lowest BCUT2D eigenvalue weighted by molar-refractivity contribution is -0.385. The minimum absolute atomic E-state index is 0.0557. The van der Waals surface area contributed by atoms with E-state index in [1.54, 1.807) is 14.0 Å². The summed E-state index contributed by atoms with van der Waals surface area (Å²) in [7, 11) is 3.02. The summed E-state index contributed by atoms with van der Waals surface area (Å²) in [5.74, 6) is 0.875. The Morgan fingerprint density at radius 3 is 2.41 bits per heavy atom. The first-order valence-corrected chi connectivity index (χ1v) is 5.05. The van der Waals surface area contributed by atoms with E-state index in [9.17, 15) is 10.1 Å². The number of rotatable bonds is 6. The summed E-state index contributed by atoms with van der Waals surface area (Å²) < 4.78 is 15.3. The molecule has 1 aromatic carbocycles. The molecule has 0 amide bonds. The van der Waals surface area contributed by atoms with Crippen LogP contribution in [0.25, 0.3) is 0 Å². The van der Waals surface area contributed by atoms with E-state index in [2.05, 4.69) is 0 Å². The first kappa shape index (κ1) is 13.2. The summed E-state index contributed by atoms with van der Waals surface area (Å²) in [6, 6.07) is 2.76. The van der Waals surface area contributed by atoms with Crippen molar-refractivity contribution in [2.24, 2.45) is 0 Å². The fraction of sp³-hybridized carbons (Fsp3) is 0.455. The second-order valence-electron chi connectivity index (χ2n) is 3.37. The first-order valence-electron chi connectivity index (χ1n) is 5.05. The van der Waals surface area contributed by atoms with Gasteiger partial charge >= 0.3 is 0 Å². The zero-order valence-corrected chi connectivity index (χ0v) is 10.1. The second kappa shape index (κ2) is 6.05. The highest BCUT2D eigenvalue weighted by Gasteiger charge is 2.15. The number of nitro groups is 1. The van der Waals surface area contributed by atoms with Gasteiger partial charge < -0.3 is 14.2 Å². The van der Waals surface area contributed by atoms with Gasteiger partial charge in [-0.2, -0.15) is 0 Å². The molecular weight excluding hydrogens is 226 g/mol. The SMILES string of the molecule is COCCOc1cc([N+](=O)[O-])cc(OC)c1C. The van der Waals surface area contributed by atoms with Crippen LogP contribution >= 0.6 is 0 Å². The fourth-order valence-electron chi connectivity index (χ4n) is 1.35. The Balaban J connectivity index is 3.00. The molecule has 1 rings (SSSR count). The number of benzene rings is 1. The minimum atomic E-state index is -0.481. The van der Waals surface area contributed by atoms with E-state index in [0.29, 0.717) is 24.7 Å². The third-order valence-electron chi connectivity index (χ3n) is 2.27. The maximum Gasteiger partial charge on any atom is 0.276 e. The van der Waals surface area contributed by atoms with Gasteiger partial charge in [-0.05, 0) is 6.92 Å². The van der Waals surface area contributed by atoms with Crippen LogP contribution in [0.1, 0.15) is 5.56 Å². The Hall–Kier alpha value is -1.82. The molecule has 0 aliphatic carbocycles. The van der Waals surface area contributed by atoms with Gasteiger partial charge in [-0.25, -0.2) is 0 Å². The van der Waals surface area contributed by atoms with E-state index in [0.717, 1.165) is 5.56 Å². The summed E-state index contributed by atoms with van der Waals surface area (Å²) in [6.45, 7) is 2.54. The average molecular weight is 241 g/mol. The van der Waals surface area contributed by atoms with E-state index < -0.39 is 4.92 Å². The van der Waals surface area contributed by atoms with Crippen LogP contribution in [-0.2, 0) is 4.74 Å². The van der Waals surface area contributed by atoms with Gasteiger partial charge in [-0.15, -0.1) is 0 Å². The molecule has 0 aromatic heterocycles. The molecule has 0 bridgehead atoms. The van der Waals surface area contributed by atoms with Crippen LogP contribution in [0.5, 0.6) is 11.5 Å². The molecule has 0 saturated heterocycles. The number of nitrogens with zero attached hydrogens (tertiary/aromatic N) is 1. The van der Waals surface area contributed by atoms with Crippen LogP contribution in [-0.4, -0.2) is 32.4 Å². The van der Waals surface area contributed by atoms with Crippen LogP contribution in [0.2, 0.25) is 0 Å². The summed E-state index contributed by atoms with van der Waals surface area (Å²) in [5, 5.41) is 10.7. The first-order chi connectivity index (χ1) is 8.10. The van der Waals surface area contributed by atoms with Gasteiger partial charge in [0.1, 0.15) is 18.1 Å². The molecule has 0 aliphatic rings. The predicted octanol–water partition coefficient (Wildman–Crippen LogP) is 1.94. The van der Waals surface area contributed by atoms with Crippen molar-refractivity contribution in [2.45, 2.75) is 6.92 Å². The highest BCUT2D eigenvalue weighted by molar-refractivity contribution is 5.52. The Labute approximate surface area is 99.2 Å². The maximum atomic E-state index is 10.7. The molecule has 1 aromatic rings. The quantitative estimate of drug-likeness (QED) is 0.432. The van der Waals surface area contributed by atoms with Crippen molar-refractivity contribution in [1.82, 2.24) is 0 Å². The van der Waals surface area contributed by atoms with E-state index in [-0.39, 0.29) is 5.69 Å². The highest BCUT2D eigenvalue weighted by atomic mass is 16.6. The van der Waals surface area contributed by atoms with Gasteiger partial charge in [-0.3, -0.25) is 10.1 Å². The zero-order chi connectivity index (χ0) is 12.8. The van der Waals surface area contributed by atoms with Crippen molar-refractivity contribution >= 4 is 5.69 Å². The topological polar surface area (TPSA) is 70.8 Å². The zero-order valence-electron chi connectivity index (χ0n) is 10.1. The molecular formula is C11H15NO5. The standard InChI is InChI=1S/C11H15NO5/c1-8-10(16-3)6-9(12(13)14)7-11(8)17-5-4-15-2/h6-7H,4-5H2,1-3H3. The smallest absolute Gasteiger partial charge is 0.276 e. The molecule has 0 N–H and O–H groups in total. The number of ether oxygens (including phenoxy) is 3. The van der Waals surface area contributed by atoms with Crippen molar-refractivity contribution in [2.75, 3.05) is 27.4 Å². The van der Waals surface area contributed by atoms with Crippen molar-refractivity contribution in [3.63, 3.8) is 0 Å². The van der Waals surface area contributed by atoms with E-state index in [1.165, 1.54) is 19.2 Å². The number of hydrogen-bond donors (Lipinski definition) is 0. The molecule has 6 heteroatoms. The number of non-ortho nitro benzene ring substituents is 1. The molecule has 0 spiro atoms. The van der Waals surface area contributed by atoms with Gasteiger partial charge in [-0.1, -0.05) is 0 Å². The Bertz CT molecular complexity index is 405. The largest absolute Gasteiger partial charge is 0.496 e. The summed E-state index contributed by atoms with van der Waals surface area (Å²) in [5.41, 5.74) is 0.675. The molecule has 94 valence electrons. The number of hydrogen-bond acceptors (Lipinski definition) is 5. The average Bonchev–Trinajstić information content (AvgIpc) is 2.31. The van der Waals surface area contributed by atoms with Crippen molar-refractivity contribution in [1.29, 1.82) is 0 Å².